The summed E-state index contributed by atoms with van der Waals surface area (Å²) in [4.78, 5) is 14.8. The maximum Gasteiger partial charge on any atom is 0.173 e. The molecule has 0 radical (unpaired) electrons. The Morgan fingerprint density at radius 3 is 2.19 bits per heavy atom. The molecule has 4 heteroatoms. The van der Waals surface area contributed by atoms with E-state index < -0.39 is 23.0 Å². The molecule has 158 valence electrons. The molecule has 1 aliphatic heterocycles. The van der Waals surface area contributed by atoms with Gasteiger partial charge in [-0.25, -0.2) is 8.78 Å². The van der Waals surface area contributed by atoms with Gasteiger partial charge >= 0.3 is 0 Å². The standard InChI is InChI=1S/C27H25F2NO/c1-19-17-30(18-21-6-3-2-4-7-21)15-14-23(19)22-12-10-20(11-13-22)16-26(31)27-24(28)8-5-9-25(27)29/h2-13H,14-18H2,1H3. The molecule has 0 saturated heterocycles. The van der Waals surface area contributed by atoms with Gasteiger partial charge in [-0.05, 0) is 47.7 Å². The Balaban J connectivity index is 1.43. The maximum atomic E-state index is 13.9. The molecule has 0 fully saturated rings. The normalized spacial score (nSPS) is 14.7. The van der Waals surface area contributed by atoms with Crippen molar-refractivity contribution in [3.8, 4) is 0 Å². The summed E-state index contributed by atoms with van der Waals surface area (Å²) in [5.74, 6) is -2.18. The van der Waals surface area contributed by atoms with E-state index in [1.54, 1.807) is 0 Å². The highest BCUT2D eigenvalue weighted by Gasteiger charge is 2.19. The van der Waals surface area contributed by atoms with Gasteiger partial charge < -0.3 is 0 Å². The zero-order valence-corrected chi connectivity index (χ0v) is 17.6. The largest absolute Gasteiger partial charge is 0.295 e. The van der Waals surface area contributed by atoms with Crippen LogP contribution in [0.2, 0.25) is 0 Å². The molecule has 31 heavy (non-hydrogen) atoms. The molecule has 2 nitrogen and oxygen atoms in total. The second-order valence-electron chi connectivity index (χ2n) is 8.10. The third-order valence-electron chi connectivity index (χ3n) is 5.81. The van der Waals surface area contributed by atoms with Crippen LogP contribution in [0, 0.1) is 11.6 Å². The van der Waals surface area contributed by atoms with E-state index in [-0.39, 0.29) is 6.42 Å². The molecule has 1 aliphatic rings. The van der Waals surface area contributed by atoms with Crippen molar-refractivity contribution in [1.29, 1.82) is 0 Å². The zero-order valence-electron chi connectivity index (χ0n) is 17.6. The van der Waals surface area contributed by atoms with Gasteiger partial charge in [-0.3, -0.25) is 9.69 Å². The van der Waals surface area contributed by atoms with E-state index in [9.17, 15) is 13.6 Å². The second-order valence-corrected chi connectivity index (χ2v) is 8.10. The van der Waals surface area contributed by atoms with E-state index in [4.69, 9.17) is 0 Å². The average molecular weight is 417 g/mol. The molecule has 0 atom stereocenters. The summed E-state index contributed by atoms with van der Waals surface area (Å²) >= 11 is 0. The van der Waals surface area contributed by atoms with Gasteiger partial charge in [0, 0.05) is 26.1 Å². The monoisotopic (exact) mass is 417 g/mol. The van der Waals surface area contributed by atoms with Crippen LogP contribution in [-0.4, -0.2) is 23.8 Å². The number of nitrogens with zero attached hydrogens (tertiary/aromatic N) is 1. The number of ketones is 1. The molecule has 0 amide bonds. The van der Waals surface area contributed by atoms with Crippen molar-refractivity contribution in [1.82, 2.24) is 4.90 Å². The fourth-order valence-corrected chi connectivity index (χ4v) is 4.22. The fourth-order valence-electron chi connectivity index (χ4n) is 4.22. The number of rotatable bonds is 6. The highest BCUT2D eigenvalue weighted by molar-refractivity contribution is 5.98. The fraction of sp³-hybridized carbons (Fsp3) is 0.222. The first-order chi connectivity index (χ1) is 15.0. The van der Waals surface area contributed by atoms with Crippen molar-refractivity contribution in [2.45, 2.75) is 26.3 Å². The summed E-state index contributed by atoms with van der Waals surface area (Å²) in [6.45, 7) is 5.04. The van der Waals surface area contributed by atoms with Crippen molar-refractivity contribution >= 4 is 11.4 Å². The molecule has 0 unspecified atom stereocenters. The molecule has 0 spiro atoms. The van der Waals surface area contributed by atoms with E-state index >= 15 is 0 Å². The Morgan fingerprint density at radius 2 is 1.55 bits per heavy atom. The number of benzene rings is 3. The van der Waals surface area contributed by atoms with E-state index in [2.05, 4.69) is 36.1 Å². The van der Waals surface area contributed by atoms with Crippen LogP contribution in [0.1, 0.15) is 40.4 Å². The highest BCUT2D eigenvalue weighted by Crippen LogP contribution is 2.28. The Hall–Kier alpha value is -3.11. The van der Waals surface area contributed by atoms with E-state index in [0.29, 0.717) is 0 Å². The molecule has 3 aromatic carbocycles. The summed E-state index contributed by atoms with van der Waals surface area (Å²) in [6.07, 6.45) is 0.943. The summed E-state index contributed by atoms with van der Waals surface area (Å²) in [5.41, 5.74) is 5.43. The lowest BCUT2D eigenvalue weighted by Gasteiger charge is -2.30. The SMILES string of the molecule is CC1=C(c2ccc(CC(=O)c3c(F)cccc3F)cc2)CCN(Cc2ccccc2)C1. The minimum Gasteiger partial charge on any atom is -0.295 e. The molecule has 0 bridgehead atoms. The molecule has 0 aliphatic carbocycles. The predicted molar refractivity (Wildman–Crippen MR) is 120 cm³/mol. The summed E-state index contributed by atoms with van der Waals surface area (Å²) in [7, 11) is 0. The lowest BCUT2D eigenvalue weighted by atomic mass is 9.92. The van der Waals surface area contributed by atoms with E-state index in [1.807, 2.05) is 30.3 Å². The van der Waals surface area contributed by atoms with Gasteiger partial charge in [-0.15, -0.1) is 0 Å². The third kappa shape index (κ3) is 4.97. The Bertz CT molecular complexity index is 1080. The van der Waals surface area contributed by atoms with Gasteiger partial charge in [0.25, 0.3) is 0 Å². The van der Waals surface area contributed by atoms with Crippen LogP contribution in [0.25, 0.3) is 5.57 Å². The summed E-state index contributed by atoms with van der Waals surface area (Å²) in [5, 5.41) is 0. The molecule has 0 saturated carbocycles. The number of carbonyl (C=O) groups is 1. The van der Waals surface area contributed by atoms with Gasteiger partial charge in [0.15, 0.2) is 5.78 Å². The average Bonchev–Trinajstić information content (AvgIpc) is 2.75. The van der Waals surface area contributed by atoms with E-state index in [1.165, 1.54) is 22.8 Å². The molecule has 0 N–H and O–H groups in total. The lowest BCUT2D eigenvalue weighted by Crippen LogP contribution is -2.30. The summed E-state index contributed by atoms with van der Waals surface area (Å²) in [6, 6.07) is 21.7. The first-order valence-electron chi connectivity index (χ1n) is 10.5. The number of hydrogen-bond donors (Lipinski definition) is 0. The van der Waals surface area contributed by atoms with Crippen LogP contribution in [0.4, 0.5) is 8.78 Å². The Labute approximate surface area is 181 Å². The molecule has 4 rings (SSSR count). The smallest absolute Gasteiger partial charge is 0.173 e. The first kappa shape index (κ1) is 21.1. The number of halogens is 2. The van der Waals surface area contributed by atoms with Gasteiger partial charge in [-0.1, -0.05) is 66.2 Å². The molecule has 3 aromatic rings. The lowest BCUT2D eigenvalue weighted by molar-refractivity contribution is 0.0985. The number of carbonyl (C=O) groups excluding carboxylic acids is 1. The number of Topliss-reactive ketones (excluding diaryl/α,β-unsaturated/α-hetero) is 1. The van der Waals surface area contributed by atoms with Crippen LogP contribution in [-0.2, 0) is 13.0 Å². The molecular weight excluding hydrogens is 392 g/mol. The van der Waals surface area contributed by atoms with Gasteiger partial charge in [-0.2, -0.15) is 0 Å². The van der Waals surface area contributed by atoms with Crippen molar-refractivity contribution in [2.75, 3.05) is 13.1 Å². The van der Waals surface area contributed by atoms with Crippen molar-refractivity contribution < 1.29 is 13.6 Å². The Morgan fingerprint density at radius 1 is 0.871 bits per heavy atom. The maximum absolute atomic E-state index is 13.9. The third-order valence-corrected chi connectivity index (χ3v) is 5.81. The molecular formula is C27H25F2NO. The minimum absolute atomic E-state index is 0.0268. The quantitative estimate of drug-likeness (QED) is 0.454. The van der Waals surface area contributed by atoms with Crippen LogP contribution in [0.15, 0.2) is 78.4 Å². The van der Waals surface area contributed by atoms with Gasteiger partial charge in [0.2, 0.25) is 0 Å². The van der Waals surface area contributed by atoms with Crippen LogP contribution in [0.3, 0.4) is 0 Å². The highest BCUT2D eigenvalue weighted by atomic mass is 19.1. The van der Waals surface area contributed by atoms with Crippen LogP contribution >= 0.6 is 0 Å². The summed E-state index contributed by atoms with van der Waals surface area (Å²) < 4.78 is 27.7. The van der Waals surface area contributed by atoms with Crippen molar-refractivity contribution in [3.05, 3.63) is 112 Å². The molecule has 0 aromatic heterocycles. The van der Waals surface area contributed by atoms with Crippen LogP contribution in [0.5, 0.6) is 0 Å². The van der Waals surface area contributed by atoms with Crippen LogP contribution < -0.4 is 0 Å². The second kappa shape index (κ2) is 9.36. The molecule has 1 heterocycles. The minimum atomic E-state index is -0.815. The zero-order chi connectivity index (χ0) is 21.8. The number of hydrogen-bond acceptors (Lipinski definition) is 2. The Kier molecular flexibility index (Phi) is 6.38. The van der Waals surface area contributed by atoms with Gasteiger partial charge in [0.05, 0.1) is 5.56 Å². The predicted octanol–water partition coefficient (Wildman–Crippen LogP) is 6.07. The van der Waals surface area contributed by atoms with Crippen molar-refractivity contribution in [3.63, 3.8) is 0 Å². The first-order valence-corrected chi connectivity index (χ1v) is 10.5. The topological polar surface area (TPSA) is 20.3 Å². The van der Waals surface area contributed by atoms with Gasteiger partial charge in [0.1, 0.15) is 11.6 Å². The van der Waals surface area contributed by atoms with E-state index in [0.717, 1.165) is 49.3 Å². The van der Waals surface area contributed by atoms with Crippen molar-refractivity contribution in [2.24, 2.45) is 0 Å².